The maximum atomic E-state index is 12.9. The van der Waals surface area contributed by atoms with Crippen molar-refractivity contribution in [3.05, 3.63) is 81.7 Å². The first-order chi connectivity index (χ1) is 16.7. The van der Waals surface area contributed by atoms with Crippen molar-refractivity contribution in [2.24, 2.45) is 0 Å². The molecule has 2 aliphatic heterocycles. The van der Waals surface area contributed by atoms with Gasteiger partial charge in [0.15, 0.2) is 8.38 Å². The van der Waals surface area contributed by atoms with E-state index in [1.54, 1.807) is 18.0 Å². The molecule has 2 aliphatic rings. The zero-order valence-corrected chi connectivity index (χ0v) is 21.8. The fourth-order valence-corrected chi connectivity index (χ4v) is 4.74. The van der Waals surface area contributed by atoms with Gasteiger partial charge in [-0.1, -0.05) is 35.9 Å². The Labute approximate surface area is 213 Å². The van der Waals surface area contributed by atoms with Crippen LogP contribution in [0, 0.1) is 0 Å². The molecule has 1 atom stereocenters. The van der Waals surface area contributed by atoms with Crippen molar-refractivity contribution in [2.45, 2.75) is 12.5 Å². The Hall–Kier alpha value is -2.19. The molecule has 1 aromatic rings. The average molecular weight is 521 g/mol. The lowest BCUT2D eigenvalue weighted by Gasteiger charge is -2.26. The molecule has 10 heteroatoms. The standard InChI is InChI=1S/C25H34ClN4O4P/c1-29-14-19(11-20(15-29)17-35(33)34)16-30(2)25(32)21-5-3-18(4-6-21)9-10-27-13-23(31)22-7-8-24(26)28-12-22/h3-8,11,14,23,27-28,31,33-34H,9-10,12-13,15-17H2,1-2H3. The molecule has 1 amide bonds. The number of hydrogen-bond acceptors (Lipinski definition) is 7. The van der Waals surface area contributed by atoms with Crippen LogP contribution >= 0.6 is 20.0 Å². The molecule has 35 heavy (non-hydrogen) atoms. The van der Waals surface area contributed by atoms with Gasteiger partial charge in [0.2, 0.25) is 0 Å². The summed E-state index contributed by atoms with van der Waals surface area (Å²) in [4.78, 5) is 35.2. The van der Waals surface area contributed by atoms with Gasteiger partial charge in [-0.15, -0.1) is 0 Å². The number of halogens is 1. The second-order valence-corrected chi connectivity index (χ2v) is 10.4. The van der Waals surface area contributed by atoms with Crippen LogP contribution < -0.4 is 10.6 Å². The second kappa shape index (κ2) is 13.2. The highest BCUT2D eigenvalue weighted by Crippen LogP contribution is 2.28. The molecule has 1 aromatic carbocycles. The lowest BCUT2D eigenvalue weighted by molar-refractivity contribution is 0.0807. The Morgan fingerprint density at radius 2 is 2.03 bits per heavy atom. The minimum Gasteiger partial charge on any atom is -0.387 e. The largest absolute Gasteiger partial charge is 0.387 e. The van der Waals surface area contributed by atoms with Crippen molar-refractivity contribution < 1.29 is 19.7 Å². The van der Waals surface area contributed by atoms with Gasteiger partial charge in [-0.2, -0.15) is 0 Å². The Kier molecular flexibility index (Phi) is 10.3. The molecule has 0 aliphatic carbocycles. The highest BCUT2D eigenvalue weighted by atomic mass is 35.5. The molecular formula is C25H34ClN4O4P. The van der Waals surface area contributed by atoms with Gasteiger partial charge < -0.3 is 35.3 Å². The zero-order valence-electron chi connectivity index (χ0n) is 20.1. The molecule has 0 saturated heterocycles. The van der Waals surface area contributed by atoms with Gasteiger partial charge in [0.1, 0.15) is 5.16 Å². The van der Waals surface area contributed by atoms with Crippen LogP contribution in [0.5, 0.6) is 0 Å². The van der Waals surface area contributed by atoms with E-state index in [4.69, 9.17) is 11.6 Å². The normalized spacial score (nSPS) is 16.7. The van der Waals surface area contributed by atoms with Crippen molar-refractivity contribution >= 4 is 25.9 Å². The van der Waals surface area contributed by atoms with Crippen LogP contribution in [0.1, 0.15) is 15.9 Å². The number of likely N-dealkylation sites (N-methyl/N-ethyl adjacent to an activating group) is 2. The fraction of sp³-hybridized carbons (Fsp3) is 0.400. The van der Waals surface area contributed by atoms with Crippen LogP contribution in [0.2, 0.25) is 0 Å². The van der Waals surface area contributed by atoms with E-state index >= 15 is 0 Å². The highest BCUT2D eigenvalue weighted by Gasteiger charge is 2.17. The number of aliphatic hydroxyl groups excluding tert-OH is 1. The molecule has 5 N–H and O–H groups in total. The van der Waals surface area contributed by atoms with E-state index in [2.05, 4.69) is 10.6 Å². The van der Waals surface area contributed by atoms with E-state index in [-0.39, 0.29) is 12.1 Å². The number of carbonyl (C=O) groups excluding carboxylic acids is 1. The lowest BCUT2D eigenvalue weighted by Crippen LogP contribution is -2.33. The summed E-state index contributed by atoms with van der Waals surface area (Å²) in [5.74, 6) is -0.0723. The number of amides is 1. The molecule has 0 bridgehead atoms. The Morgan fingerprint density at radius 3 is 2.69 bits per heavy atom. The maximum Gasteiger partial charge on any atom is 0.253 e. The summed E-state index contributed by atoms with van der Waals surface area (Å²) in [6, 6.07) is 7.59. The molecule has 0 fully saturated rings. The number of allylic oxidation sites excluding steroid dienone is 2. The molecule has 190 valence electrons. The number of aliphatic hydroxyl groups is 1. The van der Waals surface area contributed by atoms with Crippen LogP contribution in [-0.2, 0) is 6.42 Å². The predicted molar refractivity (Wildman–Crippen MR) is 141 cm³/mol. The zero-order chi connectivity index (χ0) is 25.4. The first-order valence-corrected chi connectivity index (χ1v) is 13.3. The first kappa shape index (κ1) is 27.4. The molecule has 1 unspecified atom stereocenters. The van der Waals surface area contributed by atoms with Crippen molar-refractivity contribution in [1.29, 1.82) is 0 Å². The smallest absolute Gasteiger partial charge is 0.253 e. The topological polar surface area (TPSA) is 108 Å². The number of hydrogen-bond donors (Lipinski definition) is 5. The second-order valence-electron chi connectivity index (χ2n) is 8.89. The van der Waals surface area contributed by atoms with Gasteiger partial charge in [-0.05, 0) is 53.5 Å². The minimum atomic E-state index is -1.98. The van der Waals surface area contributed by atoms with Crippen LogP contribution in [0.15, 0.2) is 70.6 Å². The monoisotopic (exact) mass is 520 g/mol. The van der Waals surface area contributed by atoms with Crippen molar-refractivity contribution in [2.75, 3.05) is 53.0 Å². The predicted octanol–water partition coefficient (Wildman–Crippen LogP) is 1.91. The highest BCUT2D eigenvalue weighted by molar-refractivity contribution is 7.45. The average Bonchev–Trinajstić information content (AvgIpc) is 2.81. The third-order valence-electron chi connectivity index (χ3n) is 5.80. The summed E-state index contributed by atoms with van der Waals surface area (Å²) in [6.07, 6.45) is 7.98. The van der Waals surface area contributed by atoms with Crippen LogP contribution in [0.3, 0.4) is 0 Å². The van der Waals surface area contributed by atoms with Gasteiger partial charge in [-0.25, -0.2) is 0 Å². The summed E-state index contributed by atoms with van der Waals surface area (Å²) in [7, 11) is 1.71. The first-order valence-electron chi connectivity index (χ1n) is 11.5. The summed E-state index contributed by atoms with van der Waals surface area (Å²) in [6.45, 7) is 2.79. The molecule has 0 spiro atoms. The van der Waals surface area contributed by atoms with E-state index in [9.17, 15) is 19.7 Å². The summed E-state index contributed by atoms with van der Waals surface area (Å²) in [5.41, 5.74) is 4.51. The Bertz CT molecular complexity index is 1010. The maximum absolute atomic E-state index is 12.9. The molecular weight excluding hydrogens is 487 g/mol. The number of dihydropyridines is 1. The van der Waals surface area contributed by atoms with Crippen molar-refractivity contribution in [1.82, 2.24) is 20.4 Å². The third-order valence-corrected chi connectivity index (χ3v) is 6.75. The number of carbonyl (C=O) groups is 1. The molecule has 2 heterocycles. The Morgan fingerprint density at radius 1 is 1.29 bits per heavy atom. The van der Waals surface area contributed by atoms with E-state index in [1.807, 2.05) is 54.6 Å². The summed E-state index contributed by atoms with van der Waals surface area (Å²) < 4.78 is 0. The molecule has 0 saturated carbocycles. The number of nitrogens with one attached hydrogen (secondary N) is 2. The molecule has 3 rings (SSSR count). The van der Waals surface area contributed by atoms with E-state index in [0.29, 0.717) is 43.4 Å². The van der Waals surface area contributed by atoms with Crippen LogP contribution in [0.25, 0.3) is 0 Å². The van der Waals surface area contributed by atoms with Gasteiger partial charge >= 0.3 is 0 Å². The van der Waals surface area contributed by atoms with Gasteiger partial charge in [-0.3, -0.25) is 4.79 Å². The fourth-order valence-electron chi connectivity index (χ4n) is 4.05. The van der Waals surface area contributed by atoms with E-state index in [0.717, 1.165) is 28.7 Å². The number of rotatable bonds is 11. The van der Waals surface area contributed by atoms with Crippen LogP contribution in [0.4, 0.5) is 0 Å². The minimum absolute atomic E-state index is 0.0723. The SMILES string of the molecule is CN1C=C(CN(C)C(=O)c2ccc(CCNCC(O)C3=CC=C(Cl)NC3)cc2)C=C(CP(O)O)C1. The molecule has 8 nitrogen and oxygen atoms in total. The van der Waals surface area contributed by atoms with Crippen molar-refractivity contribution in [3.63, 3.8) is 0 Å². The third kappa shape index (κ3) is 8.76. The quantitative estimate of drug-likeness (QED) is 0.172. The number of benzene rings is 1. The van der Waals surface area contributed by atoms with Gasteiger partial charge in [0.05, 0.1) is 6.10 Å². The van der Waals surface area contributed by atoms with Crippen molar-refractivity contribution in [3.8, 4) is 0 Å². The summed E-state index contributed by atoms with van der Waals surface area (Å²) >= 11 is 5.86. The number of nitrogens with zero attached hydrogens (tertiary/aromatic N) is 2. The van der Waals surface area contributed by atoms with Gasteiger partial charge in [0, 0.05) is 58.2 Å². The van der Waals surface area contributed by atoms with Crippen LogP contribution in [-0.4, -0.2) is 89.7 Å². The molecule has 0 aromatic heterocycles. The lowest BCUT2D eigenvalue weighted by atomic mass is 10.1. The molecule has 0 radical (unpaired) electrons. The van der Waals surface area contributed by atoms with Gasteiger partial charge in [0.25, 0.3) is 5.91 Å². The Balaban J connectivity index is 1.45. The van der Waals surface area contributed by atoms with E-state index in [1.165, 1.54) is 0 Å². The van der Waals surface area contributed by atoms with E-state index < -0.39 is 14.5 Å². The summed E-state index contributed by atoms with van der Waals surface area (Å²) in [5, 5.41) is 17.1.